The molecule has 0 bridgehead atoms. The van der Waals surface area contributed by atoms with E-state index in [1.54, 1.807) is 6.07 Å². The van der Waals surface area contributed by atoms with Crippen molar-refractivity contribution in [3.05, 3.63) is 59.3 Å². The maximum atomic E-state index is 13.4. The molecule has 43 heavy (non-hydrogen) atoms. The molecule has 1 saturated heterocycles. The maximum absolute atomic E-state index is 13.4. The SMILES string of the molecule is O=C(NCCNC(=O)[C@@H]1C[C@@H](O)CN1)c1ccc(Nc2nccn3c(-c4cn[nH]c4C(F)(F)F)cnc23)cc1Cl.O=CO. The van der Waals surface area contributed by atoms with Gasteiger partial charge < -0.3 is 31.5 Å². The molecule has 4 aromatic rings. The van der Waals surface area contributed by atoms with Crippen molar-refractivity contribution in [1.82, 2.24) is 40.5 Å². The molecule has 2 atom stereocenters. The highest BCUT2D eigenvalue weighted by Crippen LogP contribution is 2.36. The quantitative estimate of drug-likeness (QED) is 0.112. The molecule has 7 N–H and O–H groups in total. The van der Waals surface area contributed by atoms with E-state index in [0.29, 0.717) is 18.7 Å². The van der Waals surface area contributed by atoms with E-state index in [0.717, 1.165) is 6.20 Å². The van der Waals surface area contributed by atoms with Crippen molar-refractivity contribution < 1.29 is 37.8 Å². The van der Waals surface area contributed by atoms with E-state index in [4.69, 9.17) is 21.5 Å². The number of amides is 2. The Morgan fingerprint density at radius 1 is 1.19 bits per heavy atom. The minimum atomic E-state index is -4.62. The molecule has 5 rings (SSSR count). The molecule has 0 radical (unpaired) electrons. The Kier molecular flexibility index (Phi) is 9.79. The summed E-state index contributed by atoms with van der Waals surface area (Å²) < 4.78 is 41.5. The number of aromatic amines is 1. The number of rotatable bonds is 8. The smallest absolute Gasteiger partial charge is 0.433 e. The Morgan fingerprint density at radius 3 is 2.60 bits per heavy atom. The van der Waals surface area contributed by atoms with E-state index in [2.05, 4.69) is 36.3 Å². The highest BCUT2D eigenvalue weighted by molar-refractivity contribution is 6.34. The normalized spacial score (nSPS) is 16.3. The van der Waals surface area contributed by atoms with Gasteiger partial charge in [-0.05, 0) is 24.6 Å². The molecule has 14 nitrogen and oxygen atoms in total. The van der Waals surface area contributed by atoms with Crippen LogP contribution in [0.15, 0.2) is 43.0 Å². The van der Waals surface area contributed by atoms with E-state index in [1.165, 1.54) is 35.1 Å². The lowest BCUT2D eigenvalue weighted by molar-refractivity contribution is -0.140. The first-order valence-corrected chi connectivity index (χ1v) is 13.0. The van der Waals surface area contributed by atoms with E-state index < -0.39 is 29.9 Å². The monoisotopic (exact) mass is 623 g/mol. The number of hydrogen-bond donors (Lipinski definition) is 7. The number of benzene rings is 1. The fourth-order valence-corrected chi connectivity index (χ4v) is 4.58. The fraction of sp³-hybridized carbons (Fsp3) is 0.280. The molecule has 3 aromatic heterocycles. The molecule has 18 heteroatoms. The topological polar surface area (TPSA) is 199 Å². The number of alkyl halides is 3. The van der Waals surface area contributed by atoms with Gasteiger partial charge in [0, 0.05) is 37.7 Å². The highest BCUT2D eigenvalue weighted by Gasteiger charge is 2.36. The first-order chi connectivity index (χ1) is 20.5. The molecule has 0 aliphatic carbocycles. The van der Waals surface area contributed by atoms with Gasteiger partial charge in [0.15, 0.2) is 11.5 Å². The van der Waals surface area contributed by atoms with Gasteiger partial charge in [-0.1, -0.05) is 11.6 Å². The van der Waals surface area contributed by atoms with Gasteiger partial charge in [0.1, 0.15) is 5.69 Å². The lowest BCUT2D eigenvalue weighted by Gasteiger charge is -2.12. The fourth-order valence-electron chi connectivity index (χ4n) is 4.31. The van der Waals surface area contributed by atoms with Crippen LogP contribution in [-0.4, -0.2) is 84.8 Å². The number of aliphatic hydroxyl groups is 1. The number of halogens is 4. The number of nitrogens with zero attached hydrogens (tertiary/aromatic N) is 4. The zero-order valence-corrected chi connectivity index (χ0v) is 22.8. The molecule has 1 aromatic carbocycles. The van der Waals surface area contributed by atoms with Crippen LogP contribution < -0.4 is 21.3 Å². The van der Waals surface area contributed by atoms with E-state index in [-0.39, 0.29) is 58.8 Å². The predicted molar refractivity (Wildman–Crippen MR) is 147 cm³/mol. The summed E-state index contributed by atoms with van der Waals surface area (Å²) in [5.74, 6) is -0.448. The Balaban J connectivity index is 0.00000135. The summed E-state index contributed by atoms with van der Waals surface area (Å²) in [6, 6.07) is 4.13. The van der Waals surface area contributed by atoms with Gasteiger partial charge in [-0.25, -0.2) is 9.97 Å². The van der Waals surface area contributed by atoms with Crippen molar-refractivity contribution in [3.63, 3.8) is 0 Å². The summed E-state index contributed by atoms with van der Waals surface area (Å²) in [7, 11) is 0. The van der Waals surface area contributed by atoms with Gasteiger partial charge >= 0.3 is 6.18 Å². The zero-order valence-electron chi connectivity index (χ0n) is 22.0. The van der Waals surface area contributed by atoms with Crippen LogP contribution in [0.1, 0.15) is 22.5 Å². The van der Waals surface area contributed by atoms with Crippen LogP contribution >= 0.6 is 11.6 Å². The number of nitrogens with one attached hydrogen (secondary N) is 5. The molecule has 228 valence electrons. The van der Waals surface area contributed by atoms with Gasteiger partial charge in [-0.3, -0.25) is 23.9 Å². The number of H-pyrrole nitrogens is 1. The van der Waals surface area contributed by atoms with Crippen LogP contribution in [0.4, 0.5) is 24.7 Å². The summed E-state index contributed by atoms with van der Waals surface area (Å²) in [6.45, 7) is 0.471. The summed E-state index contributed by atoms with van der Waals surface area (Å²) >= 11 is 6.34. The van der Waals surface area contributed by atoms with Crippen LogP contribution in [-0.2, 0) is 15.8 Å². The molecule has 1 aliphatic rings. The average Bonchev–Trinajstić information content (AvgIpc) is 3.71. The van der Waals surface area contributed by atoms with Crippen molar-refractivity contribution in [1.29, 1.82) is 0 Å². The Labute approximate surface area is 245 Å². The lowest BCUT2D eigenvalue weighted by Crippen LogP contribution is -2.43. The number of hydrogen-bond acceptors (Lipinski definition) is 9. The summed E-state index contributed by atoms with van der Waals surface area (Å²) in [4.78, 5) is 41.5. The van der Waals surface area contributed by atoms with Crippen LogP contribution in [0.5, 0.6) is 0 Å². The second-order valence-electron chi connectivity index (χ2n) is 9.09. The van der Waals surface area contributed by atoms with Crippen LogP contribution in [0.3, 0.4) is 0 Å². The maximum Gasteiger partial charge on any atom is 0.433 e. The standard InChI is InChI=1S/C24H23ClF3N9O3.CH2O2/c25-16-7-12(1-2-14(16)22(39)30-3-4-31-23(40)17-8-13(38)9-32-17)35-20-21-33-11-18(37(21)6-5-29-20)15-10-34-36-19(15)24(26,27)28;2-1-3/h1-2,5-7,10-11,13,17,32,38H,3-4,8-9H2,(H,29,35)(H,30,39)(H,31,40)(H,34,36);1H,(H,2,3)/t13-,17+;/m1./s1. The van der Waals surface area contributed by atoms with Crippen LogP contribution in [0.25, 0.3) is 16.9 Å². The predicted octanol–water partition coefficient (Wildman–Crippen LogP) is 1.80. The molecular weight excluding hydrogens is 599 g/mol. The Hall–Kier alpha value is -4.74. The number of carboxylic acid groups (broad SMARTS) is 1. The molecular formula is C25H25ClF3N9O5. The number of carbonyl (C=O) groups excluding carboxylic acids is 2. The molecule has 0 unspecified atom stereocenters. The number of aliphatic hydroxyl groups excluding tert-OH is 1. The van der Waals surface area contributed by atoms with Crippen molar-refractivity contribution in [2.24, 2.45) is 0 Å². The van der Waals surface area contributed by atoms with Gasteiger partial charge in [0.2, 0.25) is 5.91 Å². The number of imidazole rings is 1. The first-order valence-electron chi connectivity index (χ1n) is 12.6. The number of carbonyl (C=O) groups is 3. The number of aromatic nitrogens is 5. The van der Waals surface area contributed by atoms with Gasteiger partial charge in [-0.15, -0.1) is 0 Å². The summed E-state index contributed by atoms with van der Waals surface area (Å²) in [5, 5.41) is 33.3. The van der Waals surface area contributed by atoms with E-state index in [9.17, 15) is 27.9 Å². The van der Waals surface area contributed by atoms with Crippen LogP contribution in [0, 0.1) is 0 Å². The Morgan fingerprint density at radius 2 is 1.93 bits per heavy atom. The highest BCUT2D eigenvalue weighted by atomic mass is 35.5. The Bertz CT molecular complexity index is 1610. The van der Waals surface area contributed by atoms with Crippen LogP contribution in [0.2, 0.25) is 5.02 Å². The summed E-state index contributed by atoms with van der Waals surface area (Å²) in [6.07, 6.45) is 0.412. The molecule has 1 fully saturated rings. The number of anilines is 2. The van der Waals surface area contributed by atoms with Gasteiger partial charge in [-0.2, -0.15) is 18.3 Å². The van der Waals surface area contributed by atoms with Gasteiger partial charge in [0.05, 0.1) is 46.4 Å². The molecule has 2 amide bonds. The zero-order chi connectivity index (χ0) is 31.1. The minimum absolute atomic E-state index is 0.139. The third kappa shape index (κ3) is 7.37. The number of fused-ring (bicyclic) bond motifs is 1. The van der Waals surface area contributed by atoms with E-state index >= 15 is 0 Å². The lowest BCUT2D eigenvalue weighted by atomic mass is 10.2. The first kappa shape index (κ1) is 31.2. The minimum Gasteiger partial charge on any atom is -0.483 e. The summed E-state index contributed by atoms with van der Waals surface area (Å²) in [5.41, 5.74) is -0.0649. The van der Waals surface area contributed by atoms with Gasteiger partial charge in [0.25, 0.3) is 12.4 Å². The molecule has 4 heterocycles. The molecule has 0 saturated carbocycles. The third-order valence-electron chi connectivity index (χ3n) is 6.24. The second kappa shape index (κ2) is 13.5. The van der Waals surface area contributed by atoms with Crippen molar-refractivity contribution in [2.75, 3.05) is 25.0 Å². The van der Waals surface area contributed by atoms with Crippen molar-refractivity contribution in [2.45, 2.75) is 24.7 Å². The number of β-amino-alcohol motifs (C(OH)–C–C–N with tert-alkyl or cyclic N) is 1. The van der Waals surface area contributed by atoms with Crippen molar-refractivity contribution in [3.8, 4) is 11.3 Å². The van der Waals surface area contributed by atoms with Crippen molar-refractivity contribution >= 4 is 47.0 Å². The largest absolute Gasteiger partial charge is 0.483 e. The second-order valence-corrected chi connectivity index (χ2v) is 9.50. The molecule has 0 spiro atoms. The molecule has 1 aliphatic heterocycles. The third-order valence-corrected chi connectivity index (χ3v) is 6.55. The van der Waals surface area contributed by atoms with E-state index in [1.807, 2.05) is 5.10 Å². The average molecular weight is 624 g/mol.